The Balaban J connectivity index is 1.76. The van der Waals surface area contributed by atoms with E-state index >= 15 is 8.78 Å². The summed E-state index contributed by atoms with van der Waals surface area (Å²) in [6.45, 7) is 0.277. The van der Waals surface area contributed by atoms with Crippen molar-refractivity contribution in [3.63, 3.8) is 0 Å². The molecule has 1 atom stereocenters. The van der Waals surface area contributed by atoms with Gasteiger partial charge in [-0.3, -0.25) is 9.69 Å². The lowest BCUT2D eigenvalue weighted by atomic mass is 10.00. The topological polar surface area (TPSA) is 59.0 Å². The van der Waals surface area contributed by atoms with Gasteiger partial charge in [-0.05, 0) is 49.0 Å². The third kappa shape index (κ3) is 7.67. The number of carbonyl (C=O) groups is 1. The number of aliphatic carboxylic acids is 1. The van der Waals surface area contributed by atoms with Crippen molar-refractivity contribution < 1.29 is 41.3 Å². The van der Waals surface area contributed by atoms with E-state index in [2.05, 4.69) is 4.74 Å². The molecule has 0 aliphatic heterocycles. The Labute approximate surface area is 204 Å². The summed E-state index contributed by atoms with van der Waals surface area (Å²) in [4.78, 5) is 12.5. The zero-order chi connectivity index (χ0) is 26.3. The van der Waals surface area contributed by atoms with Gasteiger partial charge in [0, 0.05) is 24.1 Å². The van der Waals surface area contributed by atoms with Gasteiger partial charge in [0.1, 0.15) is 17.6 Å². The number of nitrogens with zero attached hydrogens (tertiary/aromatic N) is 1. The third-order valence-corrected chi connectivity index (χ3v) is 5.27. The van der Waals surface area contributed by atoms with Crippen LogP contribution in [0, 0.1) is 0 Å². The molecule has 3 aromatic rings. The van der Waals surface area contributed by atoms with Crippen molar-refractivity contribution in [1.82, 2.24) is 4.90 Å². The van der Waals surface area contributed by atoms with E-state index in [1.54, 1.807) is 11.9 Å². The quantitative estimate of drug-likeness (QED) is 0.310. The Kier molecular flexibility index (Phi) is 8.52. The number of hydrogen-bond acceptors (Lipinski definition) is 4. The minimum Gasteiger partial charge on any atom is -0.486 e. The summed E-state index contributed by atoms with van der Waals surface area (Å²) in [6.07, 6.45) is -5.02. The van der Waals surface area contributed by atoms with Gasteiger partial charge in [-0.15, -0.1) is 13.2 Å². The fraction of sp³-hybridized carbons (Fsp3) is 0.269. The minimum absolute atomic E-state index is 0.138. The number of alkyl halides is 5. The second kappa shape index (κ2) is 11.4. The summed E-state index contributed by atoms with van der Waals surface area (Å²) in [5.74, 6) is -4.97. The van der Waals surface area contributed by atoms with E-state index < -0.39 is 41.2 Å². The highest BCUT2D eigenvalue weighted by Crippen LogP contribution is 2.38. The van der Waals surface area contributed by atoms with Crippen LogP contribution in [0.25, 0.3) is 0 Å². The zero-order valence-corrected chi connectivity index (χ0v) is 19.2. The number of benzene rings is 3. The lowest BCUT2D eigenvalue weighted by Gasteiger charge is -2.23. The largest absolute Gasteiger partial charge is 0.573 e. The second-order valence-electron chi connectivity index (χ2n) is 8.11. The smallest absolute Gasteiger partial charge is 0.486 e. The first-order valence-corrected chi connectivity index (χ1v) is 10.9. The molecule has 0 bridgehead atoms. The van der Waals surface area contributed by atoms with Gasteiger partial charge in [-0.2, -0.15) is 8.78 Å². The second-order valence-corrected chi connectivity index (χ2v) is 8.11. The predicted octanol–water partition coefficient (Wildman–Crippen LogP) is 6.25. The van der Waals surface area contributed by atoms with Crippen molar-refractivity contribution >= 4 is 5.97 Å². The molecule has 1 N–H and O–H groups in total. The zero-order valence-electron chi connectivity index (χ0n) is 19.2. The van der Waals surface area contributed by atoms with Gasteiger partial charge in [-0.1, -0.05) is 42.5 Å². The molecule has 5 nitrogen and oxygen atoms in total. The average molecular weight is 509 g/mol. The fourth-order valence-electron chi connectivity index (χ4n) is 3.57. The van der Waals surface area contributed by atoms with Crippen LogP contribution in [0.2, 0.25) is 0 Å². The van der Waals surface area contributed by atoms with Crippen molar-refractivity contribution in [3.05, 3.63) is 95.6 Å². The molecule has 0 fully saturated rings. The molecule has 0 aliphatic rings. The standard InChI is InChI=1S/C26H24F5NO4/c1-32(17-24(33)34)15-14-23(18-6-3-2-4-7-18)35-21-12-10-19(11-13-21)25(27,28)20-8-5-9-22(16-20)36-26(29,30)31/h2-13,16,23H,14-15,17H2,1H3,(H,33,34). The molecule has 0 spiro atoms. The number of carboxylic acids is 1. The molecule has 0 aromatic heterocycles. The Morgan fingerprint density at radius 1 is 0.889 bits per heavy atom. The van der Waals surface area contributed by atoms with Crippen LogP contribution in [0.3, 0.4) is 0 Å². The van der Waals surface area contributed by atoms with Crippen molar-refractivity contribution in [2.45, 2.75) is 24.8 Å². The van der Waals surface area contributed by atoms with Gasteiger partial charge < -0.3 is 14.6 Å². The SMILES string of the molecule is CN(CCC(Oc1ccc(C(F)(F)c2cccc(OC(F)(F)F)c2)cc1)c1ccccc1)CC(=O)O. The van der Waals surface area contributed by atoms with Gasteiger partial charge >= 0.3 is 12.3 Å². The number of halogens is 5. The number of rotatable bonds is 11. The van der Waals surface area contributed by atoms with Crippen LogP contribution in [-0.4, -0.2) is 42.5 Å². The molecule has 0 saturated heterocycles. The Morgan fingerprint density at radius 3 is 2.17 bits per heavy atom. The Morgan fingerprint density at radius 2 is 1.56 bits per heavy atom. The molecular formula is C26H24F5NO4. The maximum atomic E-state index is 15.0. The third-order valence-electron chi connectivity index (χ3n) is 5.27. The van der Waals surface area contributed by atoms with E-state index in [0.717, 1.165) is 35.9 Å². The Bertz CT molecular complexity index is 1140. The van der Waals surface area contributed by atoms with Crippen molar-refractivity contribution in [2.75, 3.05) is 20.1 Å². The van der Waals surface area contributed by atoms with E-state index in [9.17, 15) is 18.0 Å². The maximum absolute atomic E-state index is 15.0. The van der Waals surface area contributed by atoms with Gasteiger partial charge in [0.05, 0.1) is 6.54 Å². The predicted molar refractivity (Wildman–Crippen MR) is 122 cm³/mol. The van der Waals surface area contributed by atoms with E-state index in [4.69, 9.17) is 9.84 Å². The molecule has 0 amide bonds. The average Bonchev–Trinajstić information content (AvgIpc) is 2.81. The van der Waals surface area contributed by atoms with Gasteiger partial charge in [0.15, 0.2) is 0 Å². The first-order chi connectivity index (χ1) is 16.9. The molecule has 0 saturated carbocycles. The summed E-state index contributed by atoms with van der Waals surface area (Å²) in [5.41, 5.74) is -0.255. The molecule has 0 heterocycles. The number of ether oxygens (including phenoxy) is 2. The molecule has 36 heavy (non-hydrogen) atoms. The minimum atomic E-state index is -5.00. The maximum Gasteiger partial charge on any atom is 0.573 e. The van der Waals surface area contributed by atoms with E-state index in [-0.39, 0.29) is 6.54 Å². The summed E-state index contributed by atoms with van der Waals surface area (Å²) < 4.78 is 77.3. The fourth-order valence-corrected chi connectivity index (χ4v) is 3.57. The summed E-state index contributed by atoms with van der Waals surface area (Å²) >= 11 is 0. The first kappa shape index (κ1) is 26.9. The monoisotopic (exact) mass is 509 g/mol. The van der Waals surface area contributed by atoms with Crippen LogP contribution in [0.5, 0.6) is 11.5 Å². The van der Waals surface area contributed by atoms with Crippen molar-refractivity contribution in [3.8, 4) is 11.5 Å². The highest BCUT2D eigenvalue weighted by Gasteiger charge is 2.36. The van der Waals surface area contributed by atoms with Crippen LogP contribution in [0.1, 0.15) is 29.2 Å². The highest BCUT2D eigenvalue weighted by atomic mass is 19.4. The number of hydrogen-bond donors (Lipinski definition) is 1. The lowest BCUT2D eigenvalue weighted by molar-refractivity contribution is -0.274. The van der Waals surface area contributed by atoms with Crippen LogP contribution in [-0.2, 0) is 10.7 Å². The summed E-state index contributed by atoms with van der Waals surface area (Å²) in [5, 5.41) is 8.95. The van der Waals surface area contributed by atoms with Crippen molar-refractivity contribution in [1.29, 1.82) is 0 Å². The van der Waals surface area contributed by atoms with Crippen LogP contribution < -0.4 is 9.47 Å². The Hall–Kier alpha value is -3.66. The molecule has 192 valence electrons. The molecule has 1 unspecified atom stereocenters. The van der Waals surface area contributed by atoms with E-state index in [1.165, 1.54) is 12.1 Å². The van der Waals surface area contributed by atoms with Gasteiger partial charge in [0.2, 0.25) is 0 Å². The molecule has 3 rings (SSSR count). The van der Waals surface area contributed by atoms with Gasteiger partial charge in [-0.25, -0.2) is 0 Å². The molecule has 3 aromatic carbocycles. The van der Waals surface area contributed by atoms with Crippen LogP contribution >= 0.6 is 0 Å². The van der Waals surface area contributed by atoms with Crippen LogP contribution in [0.15, 0.2) is 78.9 Å². The molecule has 0 aliphatic carbocycles. The lowest BCUT2D eigenvalue weighted by Crippen LogP contribution is -2.28. The number of likely N-dealkylation sites (N-methyl/N-ethyl adjacent to an activating group) is 1. The summed E-state index contributed by atoms with van der Waals surface area (Å²) in [6, 6.07) is 17.9. The van der Waals surface area contributed by atoms with Gasteiger partial charge in [0.25, 0.3) is 5.92 Å². The highest BCUT2D eigenvalue weighted by molar-refractivity contribution is 5.69. The molecular weight excluding hydrogens is 485 g/mol. The summed E-state index contributed by atoms with van der Waals surface area (Å²) in [7, 11) is 1.67. The molecule has 10 heteroatoms. The first-order valence-electron chi connectivity index (χ1n) is 10.9. The number of carboxylic acid groups (broad SMARTS) is 1. The normalized spacial score (nSPS) is 12.9. The van der Waals surface area contributed by atoms with E-state index in [0.29, 0.717) is 24.8 Å². The molecule has 0 radical (unpaired) electrons. The van der Waals surface area contributed by atoms with Crippen molar-refractivity contribution in [2.24, 2.45) is 0 Å². The van der Waals surface area contributed by atoms with Crippen LogP contribution in [0.4, 0.5) is 22.0 Å². The van der Waals surface area contributed by atoms with E-state index in [1.807, 2.05) is 30.3 Å².